The predicted molar refractivity (Wildman–Crippen MR) is 80.1 cm³/mol. The van der Waals surface area contributed by atoms with Crippen molar-refractivity contribution in [3.05, 3.63) is 65.0 Å². The van der Waals surface area contributed by atoms with Gasteiger partial charge in [-0.15, -0.1) is 5.10 Å². The molecule has 3 rings (SSSR count). The Morgan fingerprint density at radius 2 is 2.17 bits per heavy atom. The van der Waals surface area contributed by atoms with Crippen molar-refractivity contribution in [2.45, 2.75) is 6.54 Å². The van der Waals surface area contributed by atoms with E-state index in [-0.39, 0.29) is 18.7 Å². The molecule has 0 aliphatic carbocycles. The molecule has 2 aromatic heterocycles. The molecule has 0 saturated carbocycles. The molecule has 0 saturated heterocycles. The topological polar surface area (TPSA) is 98.6 Å². The van der Waals surface area contributed by atoms with Crippen molar-refractivity contribution in [2.24, 2.45) is 0 Å². The Morgan fingerprint density at radius 3 is 2.96 bits per heavy atom. The van der Waals surface area contributed by atoms with Gasteiger partial charge in [-0.1, -0.05) is 6.07 Å². The SMILES string of the molecule is N#Cc1cccc(OCCn2nc(-n3cncn3)ccc2=O)c1. The van der Waals surface area contributed by atoms with Gasteiger partial charge in [0.2, 0.25) is 0 Å². The summed E-state index contributed by atoms with van der Waals surface area (Å²) >= 11 is 0. The molecule has 3 aromatic rings. The van der Waals surface area contributed by atoms with E-state index in [4.69, 9.17) is 10.00 Å². The summed E-state index contributed by atoms with van der Waals surface area (Å²) < 4.78 is 8.31. The fraction of sp³-hybridized carbons (Fsp3) is 0.133. The first kappa shape index (κ1) is 14.5. The molecule has 2 heterocycles. The number of hydrogen-bond acceptors (Lipinski definition) is 6. The van der Waals surface area contributed by atoms with Gasteiger partial charge >= 0.3 is 0 Å². The van der Waals surface area contributed by atoms with Crippen molar-refractivity contribution in [1.82, 2.24) is 24.5 Å². The first-order valence-corrected chi connectivity index (χ1v) is 6.82. The molecule has 0 aliphatic heterocycles. The lowest BCUT2D eigenvalue weighted by Crippen LogP contribution is -2.26. The number of nitriles is 1. The fourth-order valence-corrected chi connectivity index (χ4v) is 1.95. The molecule has 0 aliphatic rings. The summed E-state index contributed by atoms with van der Waals surface area (Å²) in [5.74, 6) is 1.07. The third-order valence-corrected chi connectivity index (χ3v) is 3.04. The molecule has 0 spiro atoms. The average Bonchev–Trinajstić information content (AvgIpc) is 3.11. The van der Waals surface area contributed by atoms with Gasteiger partial charge < -0.3 is 4.74 Å². The molecule has 0 unspecified atom stereocenters. The molecular formula is C15H12N6O2. The Labute approximate surface area is 131 Å². The van der Waals surface area contributed by atoms with Crippen LogP contribution in [0, 0.1) is 11.3 Å². The molecule has 114 valence electrons. The summed E-state index contributed by atoms with van der Waals surface area (Å²) in [6.45, 7) is 0.529. The molecule has 8 heteroatoms. The monoisotopic (exact) mass is 308 g/mol. The number of nitrogens with zero attached hydrogens (tertiary/aromatic N) is 6. The summed E-state index contributed by atoms with van der Waals surface area (Å²) in [5, 5.41) is 17.0. The third kappa shape index (κ3) is 3.41. The van der Waals surface area contributed by atoms with Crippen molar-refractivity contribution in [1.29, 1.82) is 5.26 Å². The second kappa shape index (κ2) is 6.53. The summed E-state index contributed by atoms with van der Waals surface area (Å²) in [6, 6.07) is 11.9. The van der Waals surface area contributed by atoms with Crippen LogP contribution in [-0.2, 0) is 6.54 Å². The minimum Gasteiger partial charge on any atom is -0.492 e. The average molecular weight is 308 g/mol. The van der Waals surface area contributed by atoms with Gasteiger partial charge in [0.15, 0.2) is 5.82 Å². The standard InChI is InChI=1S/C15H12N6O2/c16-9-12-2-1-3-13(8-12)23-7-6-20-15(22)5-4-14(19-20)21-11-17-10-18-21/h1-5,8,10-11H,6-7H2. The molecule has 23 heavy (non-hydrogen) atoms. The first-order valence-electron chi connectivity index (χ1n) is 6.82. The third-order valence-electron chi connectivity index (χ3n) is 3.04. The Kier molecular flexibility index (Phi) is 4.11. The lowest BCUT2D eigenvalue weighted by Gasteiger charge is -2.08. The van der Waals surface area contributed by atoms with Crippen LogP contribution < -0.4 is 10.3 Å². The molecule has 0 amide bonds. The van der Waals surface area contributed by atoms with E-state index in [0.717, 1.165) is 0 Å². The minimum atomic E-state index is -0.233. The fourth-order valence-electron chi connectivity index (χ4n) is 1.95. The summed E-state index contributed by atoms with van der Waals surface area (Å²) in [6.07, 6.45) is 2.89. The Balaban J connectivity index is 1.69. The van der Waals surface area contributed by atoms with Crippen LogP contribution in [-0.4, -0.2) is 31.2 Å². The van der Waals surface area contributed by atoms with Gasteiger partial charge in [-0.25, -0.2) is 14.3 Å². The maximum Gasteiger partial charge on any atom is 0.266 e. The maximum atomic E-state index is 11.8. The highest BCUT2D eigenvalue weighted by atomic mass is 16.5. The van der Waals surface area contributed by atoms with E-state index in [0.29, 0.717) is 17.1 Å². The van der Waals surface area contributed by atoms with E-state index in [1.807, 2.05) is 6.07 Å². The van der Waals surface area contributed by atoms with Gasteiger partial charge in [-0.3, -0.25) is 4.79 Å². The molecule has 1 aromatic carbocycles. The van der Waals surface area contributed by atoms with Crippen molar-refractivity contribution >= 4 is 0 Å². The maximum absolute atomic E-state index is 11.8. The quantitative estimate of drug-likeness (QED) is 0.690. The lowest BCUT2D eigenvalue weighted by molar-refractivity contribution is 0.287. The van der Waals surface area contributed by atoms with Gasteiger partial charge in [0.25, 0.3) is 5.56 Å². The smallest absolute Gasteiger partial charge is 0.266 e. The van der Waals surface area contributed by atoms with Crippen molar-refractivity contribution in [3.63, 3.8) is 0 Å². The van der Waals surface area contributed by atoms with Crippen LogP contribution in [0.3, 0.4) is 0 Å². The van der Waals surface area contributed by atoms with E-state index >= 15 is 0 Å². The van der Waals surface area contributed by atoms with Crippen LogP contribution in [0.2, 0.25) is 0 Å². The lowest BCUT2D eigenvalue weighted by atomic mass is 10.2. The highest BCUT2D eigenvalue weighted by molar-refractivity contribution is 5.36. The second-order valence-electron chi connectivity index (χ2n) is 4.58. The van der Waals surface area contributed by atoms with Crippen LogP contribution in [0.15, 0.2) is 53.8 Å². The van der Waals surface area contributed by atoms with Gasteiger partial charge in [-0.2, -0.15) is 10.4 Å². The Hall–Kier alpha value is -3.47. The van der Waals surface area contributed by atoms with Crippen LogP contribution in [0.25, 0.3) is 5.82 Å². The highest BCUT2D eigenvalue weighted by Crippen LogP contribution is 2.12. The zero-order valence-corrected chi connectivity index (χ0v) is 12.0. The summed E-state index contributed by atoms with van der Waals surface area (Å²) in [7, 11) is 0. The molecule has 8 nitrogen and oxygen atoms in total. The predicted octanol–water partition coefficient (Wildman–Crippen LogP) is 0.775. The highest BCUT2D eigenvalue weighted by Gasteiger charge is 2.04. The second-order valence-corrected chi connectivity index (χ2v) is 4.58. The van der Waals surface area contributed by atoms with E-state index < -0.39 is 0 Å². The van der Waals surface area contributed by atoms with Crippen molar-refractivity contribution in [3.8, 4) is 17.6 Å². The van der Waals surface area contributed by atoms with Crippen LogP contribution in [0.5, 0.6) is 5.75 Å². The first-order chi connectivity index (χ1) is 11.3. The number of rotatable bonds is 5. The zero-order valence-electron chi connectivity index (χ0n) is 12.0. The van der Waals surface area contributed by atoms with Crippen molar-refractivity contribution < 1.29 is 4.74 Å². The molecule has 0 bridgehead atoms. The number of hydrogen-bond donors (Lipinski definition) is 0. The van der Waals surface area contributed by atoms with Gasteiger partial charge in [0.05, 0.1) is 18.2 Å². The van der Waals surface area contributed by atoms with Crippen LogP contribution >= 0.6 is 0 Å². The van der Waals surface area contributed by atoms with E-state index in [9.17, 15) is 4.79 Å². The summed E-state index contributed by atoms with van der Waals surface area (Å²) in [5.41, 5.74) is 0.286. The Morgan fingerprint density at radius 1 is 1.26 bits per heavy atom. The molecule has 0 fully saturated rings. The van der Waals surface area contributed by atoms with E-state index in [1.54, 1.807) is 30.3 Å². The van der Waals surface area contributed by atoms with Crippen molar-refractivity contribution in [2.75, 3.05) is 6.61 Å². The molecule has 0 radical (unpaired) electrons. The minimum absolute atomic E-state index is 0.233. The number of ether oxygens (including phenoxy) is 1. The van der Waals surface area contributed by atoms with E-state index in [2.05, 4.69) is 15.2 Å². The van der Waals surface area contributed by atoms with E-state index in [1.165, 1.54) is 28.1 Å². The summed E-state index contributed by atoms with van der Waals surface area (Å²) in [4.78, 5) is 15.7. The number of aromatic nitrogens is 5. The van der Waals surface area contributed by atoms with Gasteiger partial charge in [0.1, 0.15) is 25.0 Å². The van der Waals surface area contributed by atoms with Crippen LogP contribution in [0.1, 0.15) is 5.56 Å². The van der Waals surface area contributed by atoms with Gasteiger partial charge in [0, 0.05) is 6.07 Å². The normalized spacial score (nSPS) is 10.2. The number of benzene rings is 1. The Bertz CT molecular complexity index is 895. The molecule has 0 atom stereocenters. The van der Waals surface area contributed by atoms with Gasteiger partial charge in [-0.05, 0) is 24.3 Å². The zero-order chi connectivity index (χ0) is 16.1. The van der Waals surface area contributed by atoms with Crippen LogP contribution in [0.4, 0.5) is 0 Å². The molecule has 0 N–H and O–H groups in total. The molecular weight excluding hydrogens is 296 g/mol. The largest absolute Gasteiger partial charge is 0.492 e.